The van der Waals surface area contributed by atoms with Gasteiger partial charge in [0, 0.05) is 26.2 Å². The van der Waals surface area contributed by atoms with Gasteiger partial charge in [-0.2, -0.15) is 4.72 Å². The molecule has 0 aliphatic carbocycles. The van der Waals surface area contributed by atoms with E-state index in [0.29, 0.717) is 32.8 Å². The molecule has 1 heterocycles. The number of carbonyl (C=O) groups is 2. The van der Waals surface area contributed by atoms with Gasteiger partial charge in [0.05, 0.1) is 11.5 Å². The summed E-state index contributed by atoms with van der Waals surface area (Å²) in [6.07, 6.45) is -0.394. The summed E-state index contributed by atoms with van der Waals surface area (Å²) in [5.74, 6) is -0.507. The Morgan fingerprint density at radius 1 is 1.07 bits per heavy atom. The zero-order valence-corrected chi connectivity index (χ0v) is 16.7. The fraction of sp³-hybridized carbons (Fsp3) is 0.556. The Kier molecular flexibility index (Phi) is 7.20. The Labute approximate surface area is 160 Å². The lowest BCUT2D eigenvalue weighted by molar-refractivity contribution is -0.135. The number of nitrogens with one attached hydrogen (secondary N) is 1. The van der Waals surface area contributed by atoms with E-state index >= 15 is 0 Å². The maximum absolute atomic E-state index is 12.9. The predicted octanol–water partition coefficient (Wildman–Crippen LogP) is 1.29. The molecule has 1 fully saturated rings. The maximum atomic E-state index is 12.9. The second kappa shape index (κ2) is 9.18. The molecular formula is C18H27N3O5S. The zero-order valence-electron chi connectivity index (χ0n) is 15.9. The van der Waals surface area contributed by atoms with Crippen LogP contribution in [0.25, 0.3) is 0 Å². The largest absolute Gasteiger partial charge is 0.450 e. The Bertz CT molecular complexity index is 744. The van der Waals surface area contributed by atoms with Crippen molar-refractivity contribution >= 4 is 22.0 Å². The van der Waals surface area contributed by atoms with Crippen LogP contribution in [0, 0.1) is 5.92 Å². The summed E-state index contributed by atoms with van der Waals surface area (Å²) in [4.78, 5) is 27.9. The van der Waals surface area contributed by atoms with E-state index in [9.17, 15) is 18.0 Å². The van der Waals surface area contributed by atoms with E-state index in [1.54, 1.807) is 48.8 Å². The fourth-order valence-corrected chi connectivity index (χ4v) is 4.19. The number of rotatable bonds is 6. The number of hydrogen-bond acceptors (Lipinski definition) is 5. The average molecular weight is 397 g/mol. The molecule has 8 nitrogen and oxygen atoms in total. The zero-order chi connectivity index (χ0) is 20.0. The van der Waals surface area contributed by atoms with E-state index in [2.05, 4.69) is 4.72 Å². The number of carbonyl (C=O) groups excluding carboxylic acids is 2. The number of hydrogen-bond donors (Lipinski definition) is 1. The second-order valence-corrected chi connectivity index (χ2v) is 8.38. The van der Waals surface area contributed by atoms with Crippen LogP contribution in [0.3, 0.4) is 0 Å². The molecule has 9 heteroatoms. The van der Waals surface area contributed by atoms with Gasteiger partial charge in [0.15, 0.2) is 0 Å². The molecule has 2 rings (SSSR count). The molecule has 0 bridgehead atoms. The maximum Gasteiger partial charge on any atom is 0.409 e. The first-order chi connectivity index (χ1) is 12.8. The van der Waals surface area contributed by atoms with Crippen LogP contribution in [-0.2, 0) is 19.6 Å². The molecular weight excluding hydrogens is 370 g/mol. The summed E-state index contributed by atoms with van der Waals surface area (Å²) in [5.41, 5.74) is 0. The standard InChI is InChI=1S/C18H27N3O5S/c1-4-26-18(23)21-12-10-20(11-13-21)17(22)16(14(2)3)19-27(24,25)15-8-6-5-7-9-15/h5-9,14,16,19H,4,10-13H2,1-3H3/t16-/m0/s1. The van der Waals surface area contributed by atoms with Gasteiger partial charge in [0.2, 0.25) is 15.9 Å². The van der Waals surface area contributed by atoms with Crippen molar-refractivity contribution in [2.75, 3.05) is 32.8 Å². The summed E-state index contributed by atoms with van der Waals surface area (Å²) in [5, 5.41) is 0. The van der Waals surface area contributed by atoms with Crippen molar-refractivity contribution in [1.29, 1.82) is 0 Å². The molecule has 150 valence electrons. The van der Waals surface area contributed by atoms with Crippen LogP contribution in [0.4, 0.5) is 4.79 Å². The van der Waals surface area contributed by atoms with Crippen LogP contribution in [-0.4, -0.2) is 69.0 Å². The third-order valence-electron chi connectivity index (χ3n) is 4.39. The first-order valence-electron chi connectivity index (χ1n) is 9.04. The van der Waals surface area contributed by atoms with Crippen molar-refractivity contribution in [3.05, 3.63) is 30.3 Å². The Hall–Kier alpha value is -2.13. The van der Waals surface area contributed by atoms with Crippen LogP contribution in [0.1, 0.15) is 20.8 Å². The number of benzene rings is 1. The van der Waals surface area contributed by atoms with Crippen molar-refractivity contribution in [2.45, 2.75) is 31.7 Å². The van der Waals surface area contributed by atoms with Gasteiger partial charge in [-0.3, -0.25) is 4.79 Å². The normalized spacial score (nSPS) is 16.3. The minimum Gasteiger partial charge on any atom is -0.450 e. The Balaban J connectivity index is 2.05. The molecule has 1 aliphatic heterocycles. The van der Waals surface area contributed by atoms with E-state index in [1.165, 1.54) is 12.1 Å². The Morgan fingerprint density at radius 2 is 1.63 bits per heavy atom. The van der Waals surface area contributed by atoms with Gasteiger partial charge in [-0.25, -0.2) is 13.2 Å². The average Bonchev–Trinajstić information content (AvgIpc) is 2.66. The lowest BCUT2D eigenvalue weighted by Gasteiger charge is -2.36. The molecule has 1 atom stereocenters. The summed E-state index contributed by atoms with van der Waals surface area (Å²) in [7, 11) is -3.80. The van der Waals surface area contributed by atoms with E-state index in [0.717, 1.165) is 0 Å². The minimum absolute atomic E-state index is 0.121. The topological polar surface area (TPSA) is 96.0 Å². The van der Waals surface area contributed by atoms with Crippen molar-refractivity contribution in [1.82, 2.24) is 14.5 Å². The highest BCUT2D eigenvalue weighted by Gasteiger charge is 2.33. The van der Waals surface area contributed by atoms with Gasteiger partial charge in [-0.05, 0) is 25.0 Å². The van der Waals surface area contributed by atoms with E-state index in [1.807, 2.05) is 0 Å². The number of amides is 2. The van der Waals surface area contributed by atoms with Gasteiger partial charge in [0.25, 0.3) is 0 Å². The monoisotopic (exact) mass is 397 g/mol. The second-order valence-electron chi connectivity index (χ2n) is 6.67. The van der Waals surface area contributed by atoms with Gasteiger partial charge >= 0.3 is 6.09 Å². The number of ether oxygens (including phenoxy) is 1. The molecule has 0 saturated carbocycles. The SMILES string of the molecule is CCOC(=O)N1CCN(C(=O)[C@@H](NS(=O)(=O)c2ccccc2)C(C)C)CC1. The predicted molar refractivity (Wildman–Crippen MR) is 101 cm³/mol. The molecule has 2 amide bonds. The minimum atomic E-state index is -3.80. The van der Waals surface area contributed by atoms with Crippen LogP contribution in [0.2, 0.25) is 0 Å². The van der Waals surface area contributed by atoms with Crippen LogP contribution < -0.4 is 4.72 Å². The molecule has 0 aromatic heterocycles. The quantitative estimate of drug-likeness (QED) is 0.780. The summed E-state index contributed by atoms with van der Waals surface area (Å²) in [6, 6.07) is 7.10. The molecule has 1 aromatic rings. The van der Waals surface area contributed by atoms with Crippen molar-refractivity contribution in [3.63, 3.8) is 0 Å². The highest BCUT2D eigenvalue weighted by molar-refractivity contribution is 7.89. The van der Waals surface area contributed by atoms with Crippen molar-refractivity contribution in [3.8, 4) is 0 Å². The summed E-state index contributed by atoms with van der Waals surface area (Å²) < 4.78 is 32.7. The number of nitrogens with zero attached hydrogens (tertiary/aromatic N) is 2. The van der Waals surface area contributed by atoms with Gasteiger partial charge in [-0.1, -0.05) is 32.0 Å². The van der Waals surface area contributed by atoms with Crippen LogP contribution in [0.15, 0.2) is 35.2 Å². The molecule has 1 aliphatic rings. The third-order valence-corrected chi connectivity index (χ3v) is 5.84. The molecule has 0 spiro atoms. The van der Waals surface area contributed by atoms with Crippen molar-refractivity contribution in [2.24, 2.45) is 5.92 Å². The van der Waals surface area contributed by atoms with Crippen LogP contribution in [0.5, 0.6) is 0 Å². The molecule has 1 saturated heterocycles. The molecule has 0 radical (unpaired) electrons. The van der Waals surface area contributed by atoms with E-state index in [4.69, 9.17) is 4.74 Å². The summed E-state index contributed by atoms with van der Waals surface area (Å²) >= 11 is 0. The highest BCUT2D eigenvalue weighted by atomic mass is 32.2. The summed E-state index contributed by atoms with van der Waals surface area (Å²) in [6.45, 7) is 7.04. The number of piperazine rings is 1. The fourth-order valence-electron chi connectivity index (χ4n) is 2.83. The van der Waals surface area contributed by atoms with Crippen LogP contribution >= 0.6 is 0 Å². The molecule has 1 aromatic carbocycles. The van der Waals surface area contributed by atoms with E-state index in [-0.39, 0.29) is 16.7 Å². The highest BCUT2D eigenvalue weighted by Crippen LogP contribution is 2.15. The van der Waals surface area contributed by atoms with E-state index < -0.39 is 22.2 Å². The van der Waals surface area contributed by atoms with Gasteiger partial charge in [-0.15, -0.1) is 0 Å². The molecule has 0 unspecified atom stereocenters. The third kappa shape index (κ3) is 5.43. The first kappa shape index (κ1) is 21.2. The molecule has 1 N–H and O–H groups in total. The number of sulfonamides is 1. The lowest BCUT2D eigenvalue weighted by Crippen LogP contribution is -2.57. The Morgan fingerprint density at radius 3 is 2.15 bits per heavy atom. The first-order valence-corrected chi connectivity index (χ1v) is 10.5. The van der Waals surface area contributed by atoms with Gasteiger partial charge < -0.3 is 14.5 Å². The molecule has 27 heavy (non-hydrogen) atoms. The van der Waals surface area contributed by atoms with Gasteiger partial charge in [0.1, 0.15) is 6.04 Å². The van der Waals surface area contributed by atoms with Crippen molar-refractivity contribution < 1.29 is 22.7 Å². The lowest BCUT2D eigenvalue weighted by atomic mass is 10.0. The smallest absolute Gasteiger partial charge is 0.409 e.